The third-order valence-electron chi connectivity index (χ3n) is 19.1. The first-order chi connectivity index (χ1) is 45.5. The van der Waals surface area contributed by atoms with Crippen molar-refractivity contribution in [1.29, 1.82) is 0 Å². The van der Waals surface area contributed by atoms with Gasteiger partial charge in [-0.05, 0) is 195 Å². The van der Waals surface area contributed by atoms with E-state index in [-0.39, 0.29) is 31.5 Å². The van der Waals surface area contributed by atoms with E-state index in [1.54, 1.807) is 24.3 Å². The summed E-state index contributed by atoms with van der Waals surface area (Å²) < 4.78 is 40.8. The van der Waals surface area contributed by atoms with Crippen molar-refractivity contribution in [3.8, 4) is 57.0 Å². The summed E-state index contributed by atoms with van der Waals surface area (Å²) in [6.07, 6.45) is 0.686. The van der Waals surface area contributed by atoms with Gasteiger partial charge in [0.2, 0.25) is 9.84 Å². The lowest BCUT2D eigenvalue weighted by Gasteiger charge is -2.35. The van der Waals surface area contributed by atoms with Gasteiger partial charge in [-0.25, -0.2) is 23.4 Å². The number of sulfone groups is 1. The predicted octanol–water partition coefficient (Wildman–Crippen LogP) is 21.9. The van der Waals surface area contributed by atoms with Crippen molar-refractivity contribution in [2.75, 3.05) is 4.90 Å². The van der Waals surface area contributed by atoms with E-state index in [1.807, 2.05) is 97.1 Å². The van der Waals surface area contributed by atoms with Gasteiger partial charge >= 0.3 is 0 Å². The van der Waals surface area contributed by atoms with Crippen LogP contribution in [0.15, 0.2) is 259 Å². The molecule has 1 aliphatic heterocycles. The van der Waals surface area contributed by atoms with Crippen LogP contribution < -0.4 is 9.64 Å². The van der Waals surface area contributed by atoms with E-state index in [9.17, 15) is 8.42 Å². The van der Waals surface area contributed by atoms with Gasteiger partial charge < -0.3 is 18.8 Å². The molecule has 15 rings (SSSR count). The number of aromatic nitrogens is 5. The van der Waals surface area contributed by atoms with Gasteiger partial charge in [0.25, 0.3) is 0 Å². The van der Waals surface area contributed by atoms with Crippen LogP contribution in [0.25, 0.3) is 89.2 Å². The highest BCUT2D eigenvalue weighted by molar-refractivity contribution is 7.91. The van der Waals surface area contributed by atoms with E-state index >= 15 is 0 Å². The zero-order chi connectivity index (χ0) is 65.9. The van der Waals surface area contributed by atoms with E-state index in [2.05, 4.69) is 218 Å². The molecule has 0 unspecified atom stereocenters. The van der Waals surface area contributed by atoms with Crippen LogP contribution in [0, 0.1) is 0 Å². The molecule has 3 aromatic heterocycles. The van der Waals surface area contributed by atoms with Crippen LogP contribution in [0.1, 0.15) is 104 Å². The quantitative estimate of drug-likeness (QED) is 0.127. The van der Waals surface area contributed by atoms with E-state index in [1.165, 1.54) is 33.0 Å². The second-order valence-corrected chi connectivity index (χ2v) is 31.1. The van der Waals surface area contributed by atoms with Crippen LogP contribution in [0.4, 0.5) is 17.1 Å². The topological polar surface area (TPSA) is 95.1 Å². The van der Waals surface area contributed by atoms with Gasteiger partial charge in [0.1, 0.15) is 0 Å². The van der Waals surface area contributed by atoms with Crippen LogP contribution in [0.3, 0.4) is 0 Å². The monoisotopic (exact) mass is 1260 g/mol. The number of anilines is 3. The van der Waals surface area contributed by atoms with Gasteiger partial charge in [0.15, 0.2) is 29.0 Å². The highest BCUT2D eigenvalue weighted by Crippen LogP contribution is 2.53. The minimum absolute atomic E-state index is 0.0238. The fourth-order valence-corrected chi connectivity index (χ4v) is 14.9. The molecule has 1 aliphatic rings. The highest BCUT2D eigenvalue weighted by Gasteiger charge is 2.32. The number of hydrogen-bond donors (Lipinski definition) is 0. The lowest BCUT2D eigenvalue weighted by atomic mass is 9.78. The molecule has 0 spiro atoms. The Morgan fingerprint density at radius 2 is 0.726 bits per heavy atom. The minimum Gasteiger partial charge on any atom is -0.453 e. The molecule has 0 fully saturated rings. The van der Waals surface area contributed by atoms with Gasteiger partial charge in [0.05, 0.1) is 43.2 Å². The molecule has 470 valence electrons. The number of nitrogens with zero attached hydrogens (tertiary/aromatic N) is 6. The maximum absolute atomic E-state index is 14.7. The molecule has 0 bridgehead atoms. The lowest BCUT2D eigenvalue weighted by Crippen LogP contribution is -2.22. The van der Waals surface area contributed by atoms with Gasteiger partial charge in [-0.1, -0.05) is 185 Å². The van der Waals surface area contributed by atoms with Crippen molar-refractivity contribution < 1.29 is 13.2 Å². The molecule has 14 aromatic rings. The molecule has 10 heteroatoms. The number of ether oxygens (including phenoxy) is 1. The normalized spacial score (nSPS) is 13.0. The number of para-hydroxylation sites is 3. The first-order valence-electron chi connectivity index (χ1n) is 32.8. The Balaban J connectivity index is 0.741. The summed E-state index contributed by atoms with van der Waals surface area (Å²) in [4.78, 5) is 17.7. The third kappa shape index (κ3) is 10.9. The molecule has 0 saturated carbocycles. The van der Waals surface area contributed by atoms with Crippen LogP contribution in [-0.4, -0.2) is 32.5 Å². The number of hydrogen-bond acceptors (Lipinski definition) is 7. The molecule has 4 heterocycles. The molecule has 0 saturated heterocycles. The predicted molar refractivity (Wildman–Crippen MR) is 391 cm³/mol. The van der Waals surface area contributed by atoms with Crippen molar-refractivity contribution in [2.24, 2.45) is 0 Å². The van der Waals surface area contributed by atoms with Gasteiger partial charge in [0, 0.05) is 55.3 Å². The smallest absolute Gasteiger partial charge is 0.206 e. The largest absolute Gasteiger partial charge is 0.453 e. The summed E-state index contributed by atoms with van der Waals surface area (Å²) in [7, 11) is -3.90. The van der Waals surface area contributed by atoms with Crippen molar-refractivity contribution in [1.82, 2.24) is 24.1 Å². The Kier molecular flexibility index (Phi) is 14.5. The van der Waals surface area contributed by atoms with Gasteiger partial charge in [-0.15, -0.1) is 0 Å². The Morgan fingerprint density at radius 3 is 1.16 bits per heavy atom. The number of benzene rings is 11. The van der Waals surface area contributed by atoms with Gasteiger partial charge in [-0.2, -0.15) is 0 Å². The second kappa shape index (κ2) is 22.7. The Labute approximate surface area is 557 Å². The van der Waals surface area contributed by atoms with Crippen LogP contribution >= 0.6 is 0 Å². The standard InChI is InChI=1S/C85H76N6O3S/c1-82(2,3)58-31-45-71-67(49-58)68-50-59(83(4,5)6)32-46-72(68)89(71)63-37-41-65(42-38-63)95(92,93)66-43-39-64(40-44-66)90-73-47-33-60(84(7,8)9)51-69(73)70-52-61(34-48-74(70)90)85(10,11)53-57-25-20-27-76-78(57)94-77-28-19-18-26-75(77)91(76)62-35-29-56(30-36-62)81-87-79(54-21-14-12-15-22-54)86-80(88-81)55-23-16-13-17-24-55/h12-52H,53H2,1-11H3. The zero-order valence-corrected chi connectivity index (χ0v) is 56.5. The van der Waals surface area contributed by atoms with E-state index < -0.39 is 9.84 Å². The van der Waals surface area contributed by atoms with Crippen LogP contribution in [0.2, 0.25) is 0 Å². The van der Waals surface area contributed by atoms with E-state index in [0.29, 0.717) is 23.9 Å². The van der Waals surface area contributed by atoms with E-state index in [4.69, 9.17) is 19.7 Å². The fraction of sp³-hybridized carbons (Fsp3) is 0.188. The first kappa shape index (κ1) is 60.8. The number of rotatable bonds is 11. The highest BCUT2D eigenvalue weighted by atomic mass is 32.2. The Hall–Kier alpha value is -10.4. The Morgan fingerprint density at radius 1 is 0.358 bits per heavy atom. The first-order valence-corrected chi connectivity index (χ1v) is 34.3. The fourth-order valence-electron chi connectivity index (χ4n) is 13.6. The maximum Gasteiger partial charge on any atom is 0.206 e. The van der Waals surface area contributed by atoms with Crippen molar-refractivity contribution >= 4 is 70.5 Å². The van der Waals surface area contributed by atoms with Crippen molar-refractivity contribution in [3.05, 3.63) is 277 Å². The third-order valence-corrected chi connectivity index (χ3v) is 20.9. The summed E-state index contributed by atoms with van der Waals surface area (Å²) in [5.41, 5.74) is 17.1. The molecule has 0 N–H and O–H groups in total. The summed E-state index contributed by atoms with van der Waals surface area (Å²) in [5, 5.41) is 4.63. The lowest BCUT2D eigenvalue weighted by molar-refractivity contribution is 0.454. The average molecular weight is 1260 g/mol. The molecule has 0 amide bonds. The van der Waals surface area contributed by atoms with Crippen molar-refractivity contribution in [3.63, 3.8) is 0 Å². The molecular weight excluding hydrogens is 1190 g/mol. The zero-order valence-electron chi connectivity index (χ0n) is 55.7. The average Bonchev–Trinajstić information content (AvgIpc) is 1.67. The Bertz CT molecular complexity index is 5310. The molecule has 0 atom stereocenters. The van der Waals surface area contributed by atoms with Crippen LogP contribution in [-0.2, 0) is 37.9 Å². The molecule has 11 aromatic carbocycles. The molecular formula is C85H76N6O3S. The number of fused-ring (bicyclic) bond motifs is 8. The summed E-state index contributed by atoms with van der Waals surface area (Å²) >= 11 is 0. The summed E-state index contributed by atoms with van der Waals surface area (Å²) in [6, 6.07) is 85.2. The maximum atomic E-state index is 14.7. The summed E-state index contributed by atoms with van der Waals surface area (Å²) in [5.74, 6) is 3.42. The van der Waals surface area contributed by atoms with Crippen molar-refractivity contribution in [2.45, 2.75) is 114 Å². The molecule has 95 heavy (non-hydrogen) atoms. The molecule has 9 nitrogen and oxygen atoms in total. The SMILES string of the molecule is CC(C)(C)c1ccc2c(c1)c1cc(C(C)(C)C)ccc1n2-c1ccc(S(=O)(=O)c2ccc(-n3c4ccc(C(C)(C)C)cc4c4cc(C(C)(C)Cc5cccc6c5Oc5ccccc5N6c5ccc(-c6nc(-c7ccccc7)nc(-c7ccccc7)n6)cc5)ccc43)cc2)cc1. The van der Waals surface area contributed by atoms with E-state index in [0.717, 1.165) is 95.0 Å². The second-order valence-electron chi connectivity index (χ2n) is 29.2. The van der Waals surface area contributed by atoms with Gasteiger partial charge in [-0.3, -0.25) is 0 Å². The minimum atomic E-state index is -3.90. The molecule has 0 radical (unpaired) electrons. The van der Waals surface area contributed by atoms with Crippen LogP contribution in [0.5, 0.6) is 11.5 Å². The summed E-state index contributed by atoms with van der Waals surface area (Å²) in [6.45, 7) is 24.9. The molecule has 0 aliphatic carbocycles.